The average Bonchev–Trinajstić information content (AvgIpc) is 3.02. The van der Waals surface area contributed by atoms with Crippen LogP contribution in [0.2, 0.25) is 0 Å². The van der Waals surface area contributed by atoms with Crippen molar-refractivity contribution >= 4 is 11.8 Å². The van der Waals surface area contributed by atoms with E-state index in [9.17, 15) is 5.26 Å². The van der Waals surface area contributed by atoms with E-state index in [0.29, 0.717) is 38.7 Å². The molecule has 41 heavy (non-hydrogen) atoms. The van der Waals surface area contributed by atoms with Crippen LogP contribution >= 0.6 is 0 Å². The maximum Gasteiger partial charge on any atom is 0.204 e. The Morgan fingerprint density at radius 1 is 1.02 bits per heavy atom. The Labute approximate surface area is 243 Å². The number of aromatic nitrogens is 1. The lowest BCUT2D eigenvalue weighted by molar-refractivity contribution is 0.220. The highest BCUT2D eigenvalue weighted by molar-refractivity contribution is 5.81. The summed E-state index contributed by atoms with van der Waals surface area (Å²) in [6.07, 6.45) is 8.44. The minimum atomic E-state index is 0.460. The highest BCUT2D eigenvalue weighted by Gasteiger charge is 2.11. The lowest BCUT2D eigenvalue weighted by atomic mass is 10.1. The molecule has 9 heteroatoms. The molecule has 0 saturated carbocycles. The van der Waals surface area contributed by atoms with Gasteiger partial charge < -0.3 is 19.7 Å². The predicted molar refractivity (Wildman–Crippen MR) is 163 cm³/mol. The first-order chi connectivity index (χ1) is 20.2. The van der Waals surface area contributed by atoms with Gasteiger partial charge in [-0.25, -0.2) is 4.98 Å². The van der Waals surface area contributed by atoms with Gasteiger partial charge in [-0.15, -0.1) is 0 Å². The van der Waals surface area contributed by atoms with Crippen molar-refractivity contribution in [3.63, 3.8) is 0 Å². The molecule has 0 amide bonds. The molecule has 1 saturated heterocycles. The van der Waals surface area contributed by atoms with Gasteiger partial charge in [0.1, 0.15) is 17.3 Å². The normalized spacial score (nSPS) is 13.7. The number of nitriles is 1. The van der Waals surface area contributed by atoms with Gasteiger partial charge in [-0.05, 0) is 73.5 Å². The number of hydrogen-bond donors (Lipinski definition) is 2. The van der Waals surface area contributed by atoms with Crippen LogP contribution in [-0.4, -0.2) is 62.3 Å². The van der Waals surface area contributed by atoms with E-state index >= 15 is 0 Å². The molecule has 1 aliphatic rings. The first-order valence-electron chi connectivity index (χ1n) is 14.4. The molecule has 1 fully saturated rings. The Balaban J connectivity index is 1.23. The number of ether oxygens (including phenoxy) is 2. The zero-order valence-corrected chi connectivity index (χ0v) is 24.0. The third-order valence-corrected chi connectivity index (χ3v) is 6.95. The summed E-state index contributed by atoms with van der Waals surface area (Å²) in [6, 6.07) is 22.3. The molecule has 2 heterocycles. The second kappa shape index (κ2) is 16.7. The van der Waals surface area contributed by atoms with Crippen LogP contribution in [0.3, 0.4) is 0 Å². The minimum absolute atomic E-state index is 0.460. The van der Waals surface area contributed by atoms with E-state index in [-0.39, 0.29) is 0 Å². The number of hydrogen-bond acceptors (Lipinski definition) is 7. The summed E-state index contributed by atoms with van der Waals surface area (Å²) < 4.78 is 11.3. The zero-order chi connectivity index (χ0) is 28.5. The Morgan fingerprint density at radius 2 is 1.88 bits per heavy atom. The van der Waals surface area contributed by atoms with Gasteiger partial charge in [0.15, 0.2) is 6.19 Å². The second-order valence-electron chi connectivity index (χ2n) is 10.0. The number of aliphatic imine (C=N–C) groups is 1. The van der Waals surface area contributed by atoms with Gasteiger partial charge in [-0.1, -0.05) is 36.8 Å². The summed E-state index contributed by atoms with van der Waals surface area (Å²) in [5, 5.41) is 15.1. The van der Waals surface area contributed by atoms with Crippen molar-refractivity contribution in [1.29, 1.82) is 5.26 Å². The lowest BCUT2D eigenvalue weighted by Gasteiger charge is -2.26. The van der Waals surface area contributed by atoms with Gasteiger partial charge in [-0.3, -0.25) is 15.2 Å². The van der Waals surface area contributed by atoms with Gasteiger partial charge in [0.2, 0.25) is 5.96 Å². The van der Waals surface area contributed by atoms with Gasteiger partial charge in [0.05, 0.1) is 13.7 Å². The molecule has 216 valence electrons. The van der Waals surface area contributed by atoms with E-state index in [4.69, 9.17) is 9.47 Å². The van der Waals surface area contributed by atoms with Crippen LogP contribution in [0, 0.1) is 11.5 Å². The number of guanidine groups is 1. The summed E-state index contributed by atoms with van der Waals surface area (Å²) in [7, 11) is 1.66. The molecule has 0 radical (unpaired) electrons. The summed E-state index contributed by atoms with van der Waals surface area (Å²) >= 11 is 0. The van der Waals surface area contributed by atoms with Crippen LogP contribution < -0.4 is 25.0 Å². The van der Waals surface area contributed by atoms with Crippen molar-refractivity contribution < 1.29 is 9.47 Å². The smallest absolute Gasteiger partial charge is 0.204 e. The minimum Gasteiger partial charge on any atom is -0.497 e. The molecule has 0 atom stereocenters. The summed E-state index contributed by atoms with van der Waals surface area (Å²) in [4.78, 5) is 13.8. The average molecular weight is 556 g/mol. The standard InChI is InChI=1S/C32H41N7O2/c1-40-29-14-12-27(13-15-29)25-39(31-11-3-4-16-34-31)21-18-36-32(37-26-33)35-17-8-22-41-30-10-7-9-28(23-30)24-38-19-5-2-6-20-38/h3-4,7,9-16,23H,2,5-6,8,17-22,24-25H2,1H3,(H2,35,36,37). The van der Waals surface area contributed by atoms with E-state index in [0.717, 1.165) is 35.8 Å². The molecule has 1 aromatic heterocycles. The third-order valence-electron chi connectivity index (χ3n) is 6.95. The maximum absolute atomic E-state index is 9.21. The number of methoxy groups -OCH3 is 1. The molecular weight excluding hydrogens is 514 g/mol. The monoisotopic (exact) mass is 555 g/mol. The fourth-order valence-electron chi connectivity index (χ4n) is 4.82. The number of pyridine rings is 1. The Hall–Kier alpha value is -4.29. The van der Waals surface area contributed by atoms with E-state index < -0.39 is 0 Å². The lowest BCUT2D eigenvalue weighted by Crippen LogP contribution is -2.40. The Bertz CT molecular complexity index is 1240. The van der Waals surface area contributed by atoms with E-state index in [2.05, 4.69) is 60.7 Å². The zero-order valence-electron chi connectivity index (χ0n) is 24.0. The first kappa shape index (κ1) is 29.7. The van der Waals surface area contributed by atoms with Crippen LogP contribution in [0.15, 0.2) is 77.9 Å². The SMILES string of the molecule is COc1ccc(CN(CCNC(=NCCCOc2cccc(CN3CCCCC3)c2)NC#N)c2ccccn2)cc1. The molecule has 9 nitrogen and oxygen atoms in total. The van der Waals surface area contributed by atoms with Gasteiger partial charge in [0, 0.05) is 45.3 Å². The van der Waals surface area contributed by atoms with Crippen LogP contribution in [0.25, 0.3) is 0 Å². The fraction of sp³-hybridized carbons (Fsp3) is 0.406. The fourth-order valence-corrected chi connectivity index (χ4v) is 4.82. The van der Waals surface area contributed by atoms with Crippen molar-refractivity contribution in [2.45, 2.75) is 38.8 Å². The highest BCUT2D eigenvalue weighted by Crippen LogP contribution is 2.18. The van der Waals surface area contributed by atoms with Crippen molar-refractivity contribution in [1.82, 2.24) is 20.5 Å². The number of nitrogens with zero attached hydrogens (tertiary/aromatic N) is 5. The number of likely N-dealkylation sites (tertiary alicyclic amines) is 1. The second-order valence-corrected chi connectivity index (χ2v) is 10.0. The molecule has 4 rings (SSSR count). The topological polar surface area (TPSA) is 98.0 Å². The van der Waals surface area contributed by atoms with Crippen LogP contribution in [0.5, 0.6) is 11.5 Å². The Morgan fingerprint density at radius 3 is 2.63 bits per heavy atom. The van der Waals surface area contributed by atoms with Gasteiger partial charge in [-0.2, -0.15) is 5.26 Å². The summed E-state index contributed by atoms with van der Waals surface area (Å²) in [5.41, 5.74) is 2.44. The number of nitrogens with one attached hydrogen (secondary N) is 2. The van der Waals surface area contributed by atoms with Crippen molar-refractivity contribution in [2.24, 2.45) is 4.99 Å². The van der Waals surface area contributed by atoms with Crippen molar-refractivity contribution in [2.75, 3.05) is 51.3 Å². The molecule has 1 aliphatic heterocycles. The molecule has 0 bridgehead atoms. The van der Waals surface area contributed by atoms with Gasteiger partial charge in [0.25, 0.3) is 0 Å². The Kier molecular flexibility index (Phi) is 12.1. The van der Waals surface area contributed by atoms with Crippen LogP contribution in [0.4, 0.5) is 5.82 Å². The molecule has 0 spiro atoms. The molecular formula is C32H41N7O2. The molecule has 0 unspecified atom stereocenters. The maximum atomic E-state index is 9.21. The van der Waals surface area contributed by atoms with E-state index in [1.165, 1.54) is 37.9 Å². The van der Waals surface area contributed by atoms with E-state index in [1.54, 1.807) is 13.3 Å². The number of rotatable bonds is 14. The van der Waals surface area contributed by atoms with Gasteiger partial charge >= 0.3 is 0 Å². The first-order valence-corrected chi connectivity index (χ1v) is 14.4. The van der Waals surface area contributed by atoms with E-state index in [1.807, 2.05) is 42.6 Å². The van der Waals surface area contributed by atoms with Crippen molar-refractivity contribution in [3.8, 4) is 17.7 Å². The molecule has 2 N–H and O–H groups in total. The molecule has 3 aromatic rings. The molecule has 0 aliphatic carbocycles. The summed E-state index contributed by atoms with van der Waals surface area (Å²) in [6.45, 7) is 6.39. The van der Waals surface area contributed by atoms with Crippen LogP contribution in [0.1, 0.15) is 36.8 Å². The number of anilines is 1. The van der Waals surface area contributed by atoms with Crippen LogP contribution in [-0.2, 0) is 13.1 Å². The number of benzene rings is 2. The number of piperidine rings is 1. The highest BCUT2D eigenvalue weighted by atomic mass is 16.5. The summed E-state index contributed by atoms with van der Waals surface area (Å²) in [5.74, 6) is 3.06. The third kappa shape index (κ3) is 10.3. The van der Waals surface area contributed by atoms with Crippen molar-refractivity contribution in [3.05, 3.63) is 84.1 Å². The molecule has 2 aromatic carbocycles. The largest absolute Gasteiger partial charge is 0.497 e. The quantitative estimate of drug-likeness (QED) is 0.0982. The predicted octanol–water partition coefficient (Wildman–Crippen LogP) is 4.57.